The van der Waals surface area contributed by atoms with Gasteiger partial charge in [-0.1, -0.05) is 62.1 Å². The highest BCUT2D eigenvalue weighted by Crippen LogP contribution is 2.35. The van der Waals surface area contributed by atoms with E-state index in [1.807, 2.05) is 24.3 Å². The van der Waals surface area contributed by atoms with Crippen LogP contribution in [0.1, 0.15) is 43.7 Å². The molecule has 1 heterocycles. The monoisotopic (exact) mass is 393 g/mol. The molecule has 6 nitrogen and oxygen atoms in total. The lowest BCUT2D eigenvalue weighted by molar-refractivity contribution is -0.146. The average molecular weight is 393 g/mol. The lowest BCUT2D eigenvalue weighted by Crippen LogP contribution is -2.44. The van der Waals surface area contributed by atoms with Crippen LogP contribution in [0.25, 0.3) is 6.08 Å². The minimum absolute atomic E-state index is 0.123. The zero-order valence-electron chi connectivity index (χ0n) is 14.3. The largest absolute Gasteiger partial charge is 0.481 e. The molecule has 2 rings (SSSR count). The average Bonchev–Trinajstić information content (AvgIpc) is 2.82. The SMILES string of the molecule is CC(C)c1ccc(/C=C2\SC(=S)N([C@@H](CCC(=O)O)C(=O)O)C2=O)cc1. The molecule has 1 aromatic rings. The normalized spacial score (nSPS) is 17.2. The molecular weight excluding hydrogens is 374 g/mol. The summed E-state index contributed by atoms with van der Waals surface area (Å²) in [4.78, 5) is 36.2. The van der Waals surface area contributed by atoms with Gasteiger partial charge < -0.3 is 10.2 Å². The van der Waals surface area contributed by atoms with Gasteiger partial charge in [0.05, 0.1) is 4.91 Å². The van der Waals surface area contributed by atoms with E-state index in [2.05, 4.69) is 13.8 Å². The summed E-state index contributed by atoms with van der Waals surface area (Å²) in [5, 5.41) is 18.1. The number of thioether (sulfide) groups is 1. The highest BCUT2D eigenvalue weighted by atomic mass is 32.2. The van der Waals surface area contributed by atoms with E-state index in [0.29, 0.717) is 10.8 Å². The van der Waals surface area contributed by atoms with Gasteiger partial charge in [0.15, 0.2) is 0 Å². The summed E-state index contributed by atoms with van der Waals surface area (Å²) in [6, 6.07) is 6.45. The third-order valence-electron chi connectivity index (χ3n) is 3.95. The fraction of sp³-hybridized carbons (Fsp3) is 0.333. The number of carbonyl (C=O) groups excluding carboxylic acids is 1. The molecule has 0 saturated carbocycles. The second-order valence-corrected chi connectivity index (χ2v) is 7.84. The van der Waals surface area contributed by atoms with E-state index in [1.165, 1.54) is 5.56 Å². The molecule has 8 heteroatoms. The Bertz CT molecular complexity index is 770. The zero-order valence-corrected chi connectivity index (χ0v) is 16.0. The Kier molecular flexibility index (Phi) is 6.55. The minimum Gasteiger partial charge on any atom is -0.481 e. The molecule has 0 spiro atoms. The number of hydrogen-bond donors (Lipinski definition) is 2. The van der Waals surface area contributed by atoms with Gasteiger partial charge in [0.2, 0.25) is 0 Å². The maximum absolute atomic E-state index is 12.6. The van der Waals surface area contributed by atoms with Gasteiger partial charge in [-0.3, -0.25) is 14.5 Å². The molecule has 0 aliphatic carbocycles. The van der Waals surface area contributed by atoms with Gasteiger partial charge in [-0.25, -0.2) is 4.79 Å². The smallest absolute Gasteiger partial charge is 0.326 e. The molecule has 1 aromatic carbocycles. The van der Waals surface area contributed by atoms with Gasteiger partial charge in [0.1, 0.15) is 10.4 Å². The molecule has 1 atom stereocenters. The first kappa shape index (κ1) is 20.1. The van der Waals surface area contributed by atoms with Crippen LogP contribution in [0.5, 0.6) is 0 Å². The summed E-state index contributed by atoms with van der Waals surface area (Å²) in [7, 11) is 0. The van der Waals surface area contributed by atoms with Crippen LogP contribution in [-0.4, -0.2) is 43.3 Å². The third-order valence-corrected chi connectivity index (χ3v) is 5.28. The standard InChI is InChI=1S/C18H19NO5S2/c1-10(2)12-5-3-11(4-6-12)9-14-16(22)19(18(25)26-14)13(17(23)24)7-8-15(20)21/h3-6,9-10,13H,7-8H2,1-2H3,(H,20,21)(H,23,24)/b14-9-/t13-/m0/s1. The Morgan fingerprint density at radius 3 is 2.35 bits per heavy atom. The first-order chi connectivity index (χ1) is 12.2. The summed E-state index contributed by atoms with van der Waals surface area (Å²) in [6.07, 6.45) is 1.11. The van der Waals surface area contributed by atoms with Crippen molar-refractivity contribution in [1.82, 2.24) is 4.90 Å². The van der Waals surface area contributed by atoms with Gasteiger partial charge in [0.25, 0.3) is 5.91 Å². The molecule has 2 N–H and O–H groups in total. The van der Waals surface area contributed by atoms with Crippen LogP contribution in [0, 0.1) is 0 Å². The van der Waals surface area contributed by atoms with Crippen molar-refractivity contribution in [2.75, 3.05) is 0 Å². The van der Waals surface area contributed by atoms with E-state index < -0.39 is 23.9 Å². The van der Waals surface area contributed by atoms with E-state index in [9.17, 15) is 19.5 Å². The molecule has 0 bridgehead atoms. The summed E-state index contributed by atoms with van der Waals surface area (Å²) in [5.74, 6) is -2.51. The van der Waals surface area contributed by atoms with Crippen LogP contribution >= 0.6 is 24.0 Å². The van der Waals surface area contributed by atoms with Gasteiger partial charge in [-0.05, 0) is 29.5 Å². The molecule has 1 aliphatic rings. The summed E-state index contributed by atoms with van der Waals surface area (Å²) < 4.78 is 0.123. The number of carboxylic acid groups (broad SMARTS) is 2. The molecule has 0 aromatic heterocycles. The van der Waals surface area contributed by atoms with Crippen molar-refractivity contribution in [1.29, 1.82) is 0 Å². The molecule has 1 amide bonds. The number of carbonyl (C=O) groups is 3. The van der Waals surface area contributed by atoms with Crippen LogP contribution in [-0.2, 0) is 14.4 Å². The van der Waals surface area contributed by atoms with Crippen molar-refractivity contribution in [2.45, 2.75) is 38.6 Å². The van der Waals surface area contributed by atoms with Gasteiger partial charge in [0, 0.05) is 6.42 Å². The molecule has 26 heavy (non-hydrogen) atoms. The number of benzene rings is 1. The zero-order chi connectivity index (χ0) is 19.4. The van der Waals surface area contributed by atoms with E-state index in [-0.39, 0.29) is 17.2 Å². The first-order valence-electron chi connectivity index (χ1n) is 8.02. The third kappa shape index (κ3) is 4.70. The highest BCUT2D eigenvalue weighted by Gasteiger charge is 2.40. The Balaban J connectivity index is 2.23. The van der Waals surface area contributed by atoms with Crippen molar-refractivity contribution in [3.05, 3.63) is 40.3 Å². The lowest BCUT2D eigenvalue weighted by atomic mass is 10.0. The van der Waals surface area contributed by atoms with Gasteiger partial charge in [-0.15, -0.1) is 0 Å². The highest BCUT2D eigenvalue weighted by molar-refractivity contribution is 8.26. The molecule has 1 saturated heterocycles. The van der Waals surface area contributed by atoms with E-state index in [1.54, 1.807) is 6.08 Å². The van der Waals surface area contributed by atoms with Crippen LogP contribution < -0.4 is 0 Å². The quantitative estimate of drug-likeness (QED) is 0.542. The number of rotatable bonds is 7. The molecule has 0 radical (unpaired) electrons. The lowest BCUT2D eigenvalue weighted by Gasteiger charge is -2.22. The van der Waals surface area contributed by atoms with Crippen molar-refractivity contribution >= 4 is 52.2 Å². The first-order valence-corrected chi connectivity index (χ1v) is 9.24. The second kappa shape index (κ2) is 8.46. The van der Waals surface area contributed by atoms with Crippen LogP contribution in [0.4, 0.5) is 0 Å². The van der Waals surface area contributed by atoms with E-state index in [0.717, 1.165) is 22.2 Å². The summed E-state index contributed by atoms with van der Waals surface area (Å²) in [6.45, 7) is 4.17. The van der Waals surface area contributed by atoms with Crippen LogP contribution in [0.15, 0.2) is 29.2 Å². The van der Waals surface area contributed by atoms with Crippen LogP contribution in [0.2, 0.25) is 0 Å². The fourth-order valence-corrected chi connectivity index (χ4v) is 3.86. The predicted molar refractivity (Wildman–Crippen MR) is 104 cm³/mol. The van der Waals surface area contributed by atoms with Crippen molar-refractivity contribution in [3.63, 3.8) is 0 Å². The minimum atomic E-state index is -1.28. The van der Waals surface area contributed by atoms with E-state index in [4.69, 9.17) is 17.3 Å². The fourth-order valence-electron chi connectivity index (χ4n) is 2.50. The second-order valence-electron chi connectivity index (χ2n) is 6.16. The van der Waals surface area contributed by atoms with Crippen LogP contribution in [0.3, 0.4) is 0 Å². The Hall–Kier alpha value is -2.19. The number of aliphatic carboxylic acids is 2. The molecule has 0 unspecified atom stereocenters. The number of carboxylic acids is 2. The van der Waals surface area contributed by atoms with Gasteiger partial charge >= 0.3 is 11.9 Å². The molecule has 1 fully saturated rings. The maximum atomic E-state index is 12.6. The Morgan fingerprint density at radius 1 is 1.23 bits per heavy atom. The summed E-state index contributed by atoms with van der Waals surface area (Å²) >= 11 is 6.18. The number of thiocarbonyl (C=S) groups is 1. The molecule has 138 valence electrons. The Labute approximate surface area is 160 Å². The Morgan fingerprint density at radius 2 is 1.85 bits per heavy atom. The summed E-state index contributed by atoms with van der Waals surface area (Å²) in [5.41, 5.74) is 1.99. The number of hydrogen-bond acceptors (Lipinski definition) is 5. The van der Waals surface area contributed by atoms with Gasteiger partial charge in [-0.2, -0.15) is 0 Å². The van der Waals surface area contributed by atoms with Crippen molar-refractivity contribution in [3.8, 4) is 0 Å². The number of nitrogens with zero attached hydrogens (tertiary/aromatic N) is 1. The molecule has 1 aliphatic heterocycles. The van der Waals surface area contributed by atoms with Crippen molar-refractivity contribution < 1.29 is 24.6 Å². The van der Waals surface area contributed by atoms with Crippen molar-refractivity contribution in [2.24, 2.45) is 0 Å². The molecular formula is C18H19NO5S2. The maximum Gasteiger partial charge on any atom is 0.326 e. The predicted octanol–water partition coefficient (Wildman–Crippen LogP) is 3.33. The topological polar surface area (TPSA) is 94.9 Å². The number of amides is 1. The van der Waals surface area contributed by atoms with E-state index >= 15 is 0 Å².